The van der Waals surface area contributed by atoms with Crippen molar-refractivity contribution in [1.29, 1.82) is 0 Å². The van der Waals surface area contributed by atoms with Crippen LogP contribution in [0.5, 0.6) is 0 Å². The summed E-state index contributed by atoms with van der Waals surface area (Å²) in [6.07, 6.45) is 9.99. The van der Waals surface area contributed by atoms with E-state index in [2.05, 4.69) is 25.1 Å². The number of fused-ring (bicyclic) bond motifs is 5. The van der Waals surface area contributed by atoms with E-state index < -0.39 is 18.1 Å². The third-order valence-electron chi connectivity index (χ3n) is 10.4. The molecule has 0 spiro atoms. The predicted molar refractivity (Wildman–Crippen MR) is 129 cm³/mol. The van der Waals surface area contributed by atoms with Crippen LogP contribution in [0, 0.1) is 28.6 Å². The maximum absolute atomic E-state index is 12.6. The Bertz CT molecular complexity index is 933. The van der Waals surface area contributed by atoms with E-state index in [-0.39, 0.29) is 42.4 Å². The summed E-state index contributed by atoms with van der Waals surface area (Å²) in [4.78, 5) is 31.3. The fraction of sp³-hybridized carbons (Fsp3) is 0.815. The minimum atomic E-state index is -0.773. The zero-order chi connectivity index (χ0) is 25.0. The Kier molecular flexibility index (Phi) is 6.49. The van der Waals surface area contributed by atoms with Crippen LogP contribution in [0.25, 0.3) is 0 Å². The molecule has 1 saturated heterocycles. The Hall–Kier alpha value is -1.93. The lowest BCUT2D eigenvalue weighted by atomic mass is 9.47. The maximum Gasteiger partial charge on any atom is 0.328 e. The third-order valence-corrected chi connectivity index (χ3v) is 10.4. The number of esters is 1. The molecule has 4 fully saturated rings. The van der Waals surface area contributed by atoms with Crippen molar-refractivity contribution in [3.63, 3.8) is 0 Å². The van der Waals surface area contributed by atoms with Crippen LogP contribution in [0.1, 0.15) is 71.6 Å². The summed E-state index contributed by atoms with van der Waals surface area (Å²) in [6, 6.07) is -0.773. The van der Waals surface area contributed by atoms with Crippen molar-refractivity contribution in [2.24, 2.45) is 33.7 Å². The highest BCUT2D eigenvalue weighted by Gasteiger charge is 2.58. The molecule has 5 aliphatic rings. The van der Waals surface area contributed by atoms with Crippen LogP contribution < -0.4 is 0 Å². The molecule has 194 valence electrons. The van der Waals surface area contributed by atoms with E-state index in [0.717, 1.165) is 44.2 Å². The molecule has 1 aliphatic heterocycles. The molecule has 3 saturated carbocycles. The first-order chi connectivity index (χ1) is 16.7. The Labute approximate surface area is 207 Å². The molecule has 8 heteroatoms. The van der Waals surface area contributed by atoms with Gasteiger partial charge in [-0.05, 0) is 86.0 Å². The Morgan fingerprint density at radius 3 is 2.69 bits per heavy atom. The number of β-amino-alcohol motifs (C(OH)–C–C–N with tert-alkyl or cyclic N) is 1. The van der Waals surface area contributed by atoms with E-state index in [0.29, 0.717) is 17.8 Å². The molecule has 0 aromatic rings. The first-order valence-corrected chi connectivity index (χ1v) is 13.3. The molecule has 5 rings (SSSR count). The summed E-state index contributed by atoms with van der Waals surface area (Å²) in [5.74, 6) is 1.09. The van der Waals surface area contributed by atoms with E-state index in [4.69, 9.17) is 9.57 Å². The standard InChI is InChI=1S/C27H40N2O6/c1-26-10-8-17(28-35-15-24(32)29-14-18(30)13-22(29)25(33)34-3)12-16(26)4-5-19-20-6-7-23(31)27(20,2)11-9-21(19)26/h12,18-23,30-31H,4-11,13-15H2,1-3H3/b28-17+/t18-,19+,20+,21-,22-,23+,26+,27+/m1/s1. The van der Waals surface area contributed by atoms with Gasteiger partial charge in [0, 0.05) is 13.0 Å². The van der Waals surface area contributed by atoms with Crippen LogP contribution >= 0.6 is 0 Å². The number of allylic oxidation sites excluding steroid dienone is 2. The summed E-state index contributed by atoms with van der Waals surface area (Å²) < 4.78 is 4.76. The number of nitrogens with zero attached hydrogens (tertiary/aromatic N) is 2. The summed E-state index contributed by atoms with van der Waals surface area (Å²) in [6.45, 7) is 4.58. The molecule has 0 aromatic carbocycles. The highest BCUT2D eigenvalue weighted by atomic mass is 16.6. The molecule has 1 heterocycles. The van der Waals surface area contributed by atoms with Crippen molar-refractivity contribution >= 4 is 17.6 Å². The molecular formula is C27H40N2O6. The zero-order valence-electron chi connectivity index (χ0n) is 21.2. The summed E-state index contributed by atoms with van der Waals surface area (Å²) in [7, 11) is 1.28. The number of methoxy groups -OCH3 is 1. The Balaban J connectivity index is 1.23. The van der Waals surface area contributed by atoms with E-state index in [1.54, 1.807) is 0 Å². The minimum absolute atomic E-state index is 0.0959. The second-order valence-corrected chi connectivity index (χ2v) is 12.0. The molecule has 0 unspecified atom stereocenters. The first kappa shape index (κ1) is 24.8. The molecule has 8 atom stereocenters. The van der Waals surface area contributed by atoms with Crippen molar-refractivity contribution in [2.45, 2.75) is 89.9 Å². The predicted octanol–water partition coefficient (Wildman–Crippen LogP) is 2.82. The van der Waals surface area contributed by atoms with Gasteiger partial charge in [0.1, 0.15) is 6.04 Å². The SMILES string of the molecule is COC(=O)[C@H]1C[C@@H](O)CN1C(=O)CO/N=C1/C=C2CC[C@@H]3[C@@H](CC[C@]4(C)[C@@H](O)CC[C@@H]34)[C@@]2(C)CC1. The summed E-state index contributed by atoms with van der Waals surface area (Å²) in [5, 5.41) is 24.8. The fourth-order valence-corrected chi connectivity index (χ4v) is 8.32. The third kappa shape index (κ3) is 4.10. The van der Waals surface area contributed by atoms with E-state index in [1.807, 2.05) is 0 Å². The molecule has 1 amide bonds. The average molecular weight is 489 g/mol. The number of oxime groups is 1. The maximum atomic E-state index is 12.6. The van der Waals surface area contributed by atoms with Gasteiger partial charge < -0.3 is 24.7 Å². The van der Waals surface area contributed by atoms with Crippen LogP contribution in [0.4, 0.5) is 0 Å². The smallest absolute Gasteiger partial charge is 0.328 e. The van der Waals surface area contributed by atoms with Crippen LogP contribution in [-0.2, 0) is 19.2 Å². The number of carbonyl (C=O) groups excluding carboxylic acids is 2. The number of rotatable bonds is 4. The van der Waals surface area contributed by atoms with Gasteiger partial charge in [0.2, 0.25) is 0 Å². The largest absolute Gasteiger partial charge is 0.467 e. The Morgan fingerprint density at radius 1 is 1.11 bits per heavy atom. The van der Waals surface area contributed by atoms with Gasteiger partial charge in [0.15, 0.2) is 6.61 Å². The topological polar surface area (TPSA) is 109 Å². The molecule has 8 nitrogen and oxygen atoms in total. The van der Waals surface area contributed by atoms with Crippen LogP contribution in [0.15, 0.2) is 16.8 Å². The van der Waals surface area contributed by atoms with Gasteiger partial charge in [0.05, 0.1) is 25.0 Å². The van der Waals surface area contributed by atoms with E-state index in [1.165, 1.54) is 30.4 Å². The molecular weight excluding hydrogens is 448 g/mol. The van der Waals surface area contributed by atoms with E-state index >= 15 is 0 Å². The van der Waals surface area contributed by atoms with Gasteiger partial charge in [-0.15, -0.1) is 0 Å². The van der Waals surface area contributed by atoms with Crippen LogP contribution in [0.3, 0.4) is 0 Å². The van der Waals surface area contributed by atoms with Gasteiger partial charge >= 0.3 is 5.97 Å². The Morgan fingerprint density at radius 2 is 1.91 bits per heavy atom. The molecule has 35 heavy (non-hydrogen) atoms. The second kappa shape index (κ2) is 9.18. The van der Waals surface area contributed by atoms with Crippen molar-refractivity contribution in [3.05, 3.63) is 11.6 Å². The lowest BCUT2D eigenvalue weighted by Crippen LogP contribution is -2.51. The minimum Gasteiger partial charge on any atom is -0.467 e. The van der Waals surface area contributed by atoms with Crippen LogP contribution in [0.2, 0.25) is 0 Å². The summed E-state index contributed by atoms with van der Waals surface area (Å²) >= 11 is 0. The van der Waals surface area contributed by atoms with Crippen molar-refractivity contribution in [3.8, 4) is 0 Å². The molecule has 0 aromatic heterocycles. The lowest BCUT2D eigenvalue weighted by Gasteiger charge is -2.57. The van der Waals surface area contributed by atoms with Gasteiger partial charge in [-0.2, -0.15) is 0 Å². The van der Waals surface area contributed by atoms with Crippen molar-refractivity contribution < 1.29 is 29.4 Å². The van der Waals surface area contributed by atoms with Gasteiger partial charge in [0.25, 0.3) is 5.91 Å². The number of amides is 1. The van der Waals surface area contributed by atoms with Gasteiger partial charge in [-0.1, -0.05) is 24.6 Å². The molecule has 0 radical (unpaired) electrons. The number of ether oxygens (including phenoxy) is 1. The van der Waals surface area contributed by atoms with Gasteiger partial charge in [-0.25, -0.2) is 4.79 Å². The number of aliphatic hydroxyl groups is 2. The van der Waals surface area contributed by atoms with Crippen molar-refractivity contribution in [2.75, 3.05) is 20.3 Å². The number of likely N-dealkylation sites (tertiary alicyclic amines) is 1. The first-order valence-electron chi connectivity index (χ1n) is 13.3. The number of aliphatic hydroxyl groups excluding tert-OH is 2. The highest BCUT2D eigenvalue weighted by Crippen LogP contribution is 2.65. The average Bonchev–Trinajstić information content (AvgIpc) is 3.38. The monoisotopic (exact) mass is 488 g/mol. The molecule has 2 N–H and O–H groups in total. The van der Waals surface area contributed by atoms with Crippen LogP contribution in [-0.4, -0.2) is 71.2 Å². The normalized spacial score (nSPS) is 43.7. The van der Waals surface area contributed by atoms with Crippen molar-refractivity contribution in [1.82, 2.24) is 4.90 Å². The van der Waals surface area contributed by atoms with E-state index in [9.17, 15) is 19.8 Å². The lowest BCUT2D eigenvalue weighted by molar-refractivity contribution is -0.152. The second-order valence-electron chi connectivity index (χ2n) is 12.0. The zero-order valence-corrected chi connectivity index (χ0v) is 21.2. The number of carbonyl (C=O) groups is 2. The molecule has 4 aliphatic carbocycles. The fourth-order valence-electron chi connectivity index (χ4n) is 8.32. The quantitative estimate of drug-likeness (QED) is 0.465. The molecule has 0 bridgehead atoms. The highest BCUT2D eigenvalue weighted by molar-refractivity contribution is 5.96. The number of hydrogen-bond donors (Lipinski definition) is 2. The number of hydrogen-bond acceptors (Lipinski definition) is 7. The van der Waals surface area contributed by atoms with Gasteiger partial charge in [-0.3, -0.25) is 4.79 Å². The summed E-state index contributed by atoms with van der Waals surface area (Å²) in [5.41, 5.74) is 2.59.